The van der Waals surface area contributed by atoms with Crippen molar-refractivity contribution in [1.29, 1.82) is 0 Å². The molecule has 1 fully saturated rings. The van der Waals surface area contributed by atoms with E-state index < -0.39 is 0 Å². The normalized spacial score (nSPS) is 25.4. The Morgan fingerprint density at radius 1 is 1.31 bits per heavy atom. The summed E-state index contributed by atoms with van der Waals surface area (Å²) >= 11 is 0. The third-order valence-corrected chi connectivity index (χ3v) is 3.37. The molecular formula is C13H26N2O. The number of rotatable bonds is 2. The Balaban J connectivity index is 2.56. The Hall–Kier alpha value is -0.410. The van der Waals surface area contributed by atoms with Gasteiger partial charge in [0.25, 0.3) is 0 Å². The van der Waals surface area contributed by atoms with Gasteiger partial charge in [-0.15, -0.1) is 0 Å². The van der Waals surface area contributed by atoms with Crippen molar-refractivity contribution in [3.8, 4) is 0 Å². The third-order valence-electron chi connectivity index (χ3n) is 3.37. The second-order valence-electron chi connectivity index (χ2n) is 6.11. The maximum atomic E-state index is 12.0. The Bertz CT molecular complexity index is 245. The summed E-state index contributed by atoms with van der Waals surface area (Å²) in [5.74, 6) is 0.351. The second kappa shape index (κ2) is 5.28. The Kier molecular flexibility index (Phi) is 4.51. The fourth-order valence-electron chi connectivity index (χ4n) is 2.08. The molecule has 0 spiro atoms. The van der Waals surface area contributed by atoms with Gasteiger partial charge in [-0.05, 0) is 26.9 Å². The zero-order valence-electron chi connectivity index (χ0n) is 11.4. The number of hydrogen-bond acceptors (Lipinski definition) is 3. The van der Waals surface area contributed by atoms with Gasteiger partial charge in [0.05, 0.1) is 6.54 Å². The summed E-state index contributed by atoms with van der Waals surface area (Å²) in [4.78, 5) is 16.7. The Morgan fingerprint density at radius 2 is 1.94 bits per heavy atom. The molecule has 1 aliphatic rings. The zero-order chi connectivity index (χ0) is 12.3. The highest BCUT2D eigenvalue weighted by molar-refractivity contribution is 5.85. The number of ketones is 1. The number of Topliss-reactive ketones (excluding diaryl/α,β-unsaturated/α-hetero) is 1. The molecule has 94 valence electrons. The summed E-state index contributed by atoms with van der Waals surface area (Å²) in [7, 11) is 2.16. The van der Waals surface area contributed by atoms with Gasteiger partial charge in [0.15, 0.2) is 5.78 Å². The first-order valence-corrected chi connectivity index (χ1v) is 6.26. The highest BCUT2D eigenvalue weighted by Gasteiger charge is 2.27. The van der Waals surface area contributed by atoms with Crippen molar-refractivity contribution in [3.05, 3.63) is 0 Å². The van der Waals surface area contributed by atoms with Gasteiger partial charge in [-0.2, -0.15) is 0 Å². The first-order chi connectivity index (χ1) is 7.30. The van der Waals surface area contributed by atoms with Gasteiger partial charge in [0.1, 0.15) is 0 Å². The molecule has 0 aromatic carbocycles. The van der Waals surface area contributed by atoms with E-state index in [1.165, 1.54) is 0 Å². The Morgan fingerprint density at radius 3 is 2.50 bits per heavy atom. The van der Waals surface area contributed by atoms with Gasteiger partial charge >= 0.3 is 0 Å². The molecule has 1 saturated heterocycles. The quantitative estimate of drug-likeness (QED) is 0.715. The van der Waals surface area contributed by atoms with Gasteiger partial charge in [0.2, 0.25) is 0 Å². The number of hydrogen-bond donors (Lipinski definition) is 0. The summed E-state index contributed by atoms with van der Waals surface area (Å²) < 4.78 is 0. The largest absolute Gasteiger partial charge is 0.305 e. The van der Waals surface area contributed by atoms with Crippen LogP contribution in [-0.2, 0) is 4.79 Å². The van der Waals surface area contributed by atoms with Gasteiger partial charge in [-0.1, -0.05) is 20.8 Å². The van der Waals surface area contributed by atoms with Crippen molar-refractivity contribution in [2.45, 2.75) is 40.2 Å². The lowest BCUT2D eigenvalue weighted by Gasteiger charge is -2.29. The van der Waals surface area contributed by atoms with E-state index in [4.69, 9.17) is 0 Å². The fourth-order valence-corrected chi connectivity index (χ4v) is 2.08. The standard InChI is InChI=1S/C13H26N2O/c1-11-9-14(5)7-6-8-15(11)10-12(16)13(2,3)4/h11H,6-10H2,1-5H3. The molecule has 1 unspecified atom stereocenters. The fraction of sp³-hybridized carbons (Fsp3) is 0.923. The van der Waals surface area contributed by atoms with Crippen LogP contribution in [0.15, 0.2) is 0 Å². The molecule has 1 atom stereocenters. The van der Waals surface area contributed by atoms with E-state index in [1.54, 1.807) is 0 Å². The molecule has 0 radical (unpaired) electrons. The SMILES string of the molecule is CC1CN(C)CCCN1CC(=O)C(C)(C)C. The predicted octanol–water partition coefficient (Wildman–Crippen LogP) is 1.63. The molecule has 0 saturated carbocycles. The van der Waals surface area contributed by atoms with E-state index in [2.05, 4.69) is 23.8 Å². The van der Waals surface area contributed by atoms with E-state index in [0.717, 1.165) is 26.1 Å². The summed E-state index contributed by atoms with van der Waals surface area (Å²) in [6, 6.07) is 0.485. The lowest BCUT2D eigenvalue weighted by Crippen LogP contribution is -2.43. The minimum atomic E-state index is -0.210. The summed E-state index contributed by atoms with van der Waals surface area (Å²) in [6.07, 6.45) is 1.16. The van der Waals surface area contributed by atoms with Crippen LogP contribution in [0, 0.1) is 5.41 Å². The molecule has 1 aliphatic heterocycles. The first-order valence-electron chi connectivity index (χ1n) is 6.26. The minimum absolute atomic E-state index is 0.210. The van der Waals surface area contributed by atoms with Crippen LogP contribution in [-0.4, -0.2) is 54.9 Å². The predicted molar refractivity (Wildman–Crippen MR) is 67.6 cm³/mol. The Labute approximate surface area is 99.8 Å². The second-order valence-corrected chi connectivity index (χ2v) is 6.11. The highest BCUT2D eigenvalue weighted by Crippen LogP contribution is 2.17. The van der Waals surface area contributed by atoms with Gasteiger partial charge < -0.3 is 4.90 Å². The highest BCUT2D eigenvalue weighted by atomic mass is 16.1. The van der Waals surface area contributed by atoms with Crippen LogP contribution in [0.3, 0.4) is 0 Å². The van der Waals surface area contributed by atoms with E-state index >= 15 is 0 Å². The van der Waals surface area contributed by atoms with Crippen molar-refractivity contribution >= 4 is 5.78 Å². The molecule has 0 bridgehead atoms. The molecule has 16 heavy (non-hydrogen) atoms. The van der Waals surface area contributed by atoms with Crippen LogP contribution in [0.1, 0.15) is 34.1 Å². The number of carbonyl (C=O) groups is 1. The van der Waals surface area contributed by atoms with E-state index in [1.807, 2.05) is 20.8 Å². The smallest absolute Gasteiger partial charge is 0.152 e. The summed E-state index contributed by atoms with van der Waals surface area (Å²) in [5.41, 5.74) is -0.210. The summed E-state index contributed by atoms with van der Waals surface area (Å²) in [6.45, 7) is 12.1. The number of likely N-dealkylation sites (N-methyl/N-ethyl adjacent to an activating group) is 1. The molecule has 1 heterocycles. The molecular weight excluding hydrogens is 200 g/mol. The molecule has 0 N–H and O–H groups in total. The molecule has 0 amide bonds. The number of nitrogens with zero attached hydrogens (tertiary/aromatic N) is 2. The van der Waals surface area contributed by atoms with Crippen molar-refractivity contribution in [2.24, 2.45) is 5.41 Å². The first kappa shape index (κ1) is 13.7. The summed E-state index contributed by atoms with van der Waals surface area (Å²) in [5, 5.41) is 0. The maximum absolute atomic E-state index is 12.0. The third kappa shape index (κ3) is 3.87. The van der Waals surface area contributed by atoms with Gasteiger partial charge in [-0.25, -0.2) is 0 Å². The average Bonchev–Trinajstić information content (AvgIpc) is 2.27. The van der Waals surface area contributed by atoms with Crippen LogP contribution < -0.4 is 0 Å². The molecule has 3 nitrogen and oxygen atoms in total. The van der Waals surface area contributed by atoms with E-state index in [9.17, 15) is 4.79 Å². The van der Waals surface area contributed by atoms with Gasteiger partial charge in [-0.3, -0.25) is 9.69 Å². The zero-order valence-corrected chi connectivity index (χ0v) is 11.4. The van der Waals surface area contributed by atoms with Crippen LogP contribution in [0.2, 0.25) is 0 Å². The maximum Gasteiger partial charge on any atom is 0.152 e. The van der Waals surface area contributed by atoms with Gasteiger partial charge in [0, 0.05) is 24.5 Å². The van der Waals surface area contributed by atoms with Crippen LogP contribution >= 0.6 is 0 Å². The van der Waals surface area contributed by atoms with E-state index in [-0.39, 0.29) is 5.41 Å². The van der Waals surface area contributed by atoms with Crippen molar-refractivity contribution < 1.29 is 4.79 Å². The van der Waals surface area contributed by atoms with Crippen molar-refractivity contribution in [3.63, 3.8) is 0 Å². The molecule has 1 rings (SSSR count). The van der Waals surface area contributed by atoms with E-state index in [0.29, 0.717) is 18.4 Å². The van der Waals surface area contributed by atoms with Crippen molar-refractivity contribution in [2.75, 3.05) is 33.2 Å². The van der Waals surface area contributed by atoms with Crippen LogP contribution in [0.25, 0.3) is 0 Å². The topological polar surface area (TPSA) is 23.6 Å². The van der Waals surface area contributed by atoms with Crippen molar-refractivity contribution in [1.82, 2.24) is 9.80 Å². The average molecular weight is 226 g/mol. The lowest BCUT2D eigenvalue weighted by atomic mass is 9.90. The molecule has 0 aliphatic carbocycles. The van der Waals surface area contributed by atoms with Crippen LogP contribution in [0.4, 0.5) is 0 Å². The van der Waals surface area contributed by atoms with Crippen LogP contribution in [0.5, 0.6) is 0 Å². The number of carbonyl (C=O) groups excluding carboxylic acids is 1. The molecule has 0 aromatic rings. The molecule has 0 aromatic heterocycles. The monoisotopic (exact) mass is 226 g/mol. The molecule has 3 heteroatoms. The minimum Gasteiger partial charge on any atom is -0.305 e. The lowest BCUT2D eigenvalue weighted by molar-refractivity contribution is -0.127.